The molecule has 0 saturated carbocycles. The van der Waals surface area contributed by atoms with Gasteiger partial charge in [0.05, 0.1) is 5.56 Å². The van der Waals surface area contributed by atoms with Crippen molar-refractivity contribution in [1.29, 1.82) is 5.26 Å². The standard InChI is InChI=1S/C19H10F3N/c20-17-4-2-1-3-15(17)13-7-8-16(19(22)10-13)12-5-6-14(11-23)18(21)9-12/h1-10H. The van der Waals surface area contributed by atoms with Gasteiger partial charge in [0.15, 0.2) is 0 Å². The molecule has 0 N–H and O–H groups in total. The van der Waals surface area contributed by atoms with Crippen LogP contribution in [0.1, 0.15) is 5.56 Å². The monoisotopic (exact) mass is 309 g/mol. The number of nitriles is 1. The highest BCUT2D eigenvalue weighted by Gasteiger charge is 2.11. The summed E-state index contributed by atoms with van der Waals surface area (Å²) in [5, 5.41) is 8.72. The number of benzene rings is 3. The van der Waals surface area contributed by atoms with Crippen LogP contribution in [0.15, 0.2) is 60.7 Å². The van der Waals surface area contributed by atoms with E-state index in [4.69, 9.17) is 5.26 Å². The molecule has 0 saturated heterocycles. The molecule has 0 radical (unpaired) electrons. The first kappa shape index (κ1) is 14.9. The summed E-state index contributed by atoms with van der Waals surface area (Å²) in [7, 11) is 0. The van der Waals surface area contributed by atoms with Gasteiger partial charge in [-0.05, 0) is 35.4 Å². The maximum absolute atomic E-state index is 14.4. The van der Waals surface area contributed by atoms with Crippen LogP contribution in [0.4, 0.5) is 13.2 Å². The van der Waals surface area contributed by atoms with E-state index in [1.54, 1.807) is 30.3 Å². The van der Waals surface area contributed by atoms with Crippen molar-refractivity contribution >= 4 is 0 Å². The first-order valence-corrected chi connectivity index (χ1v) is 6.84. The van der Waals surface area contributed by atoms with Crippen LogP contribution in [0.5, 0.6) is 0 Å². The normalized spacial score (nSPS) is 10.3. The van der Waals surface area contributed by atoms with Crippen LogP contribution in [-0.4, -0.2) is 0 Å². The van der Waals surface area contributed by atoms with E-state index in [1.807, 2.05) is 0 Å². The Morgan fingerprint density at radius 1 is 0.652 bits per heavy atom. The third kappa shape index (κ3) is 2.82. The van der Waals surface area contributed by atoms with E-state index in [0.717, 1.165) is 6.07 Å². The lowest BCUT2D eigenvalue weighted by Gasteiger charge is -2.08. The van der Waals surface area contributed by atoms with Crippen LogP contribution < -0.4 is 0 Å². The summed E-state index contributed by atoms with van der Waals surface area (Å²) in [6.07, 6.45) is 0. The predicted molar refractivity (Wildman–Crippen MR) is 81.9 cm³/mol. The van der Waals surface area contributed by atoms with E-state index < -0.39 is 17.5 Å². The fourth-order valence-corrected chi connectivity index (χ4v) is 2.39. The second-order valence-electron chi connectivity index (χ2n) is 4.98. The van der Waals surface area contributed by atoms with Gasteiger partial charge < -0.3 is 0 Å². The van der Waals surface area contributed by atoms with Crippen molar-refractivity contribution < 1.29 is 13.2 Å². The zero-order chi connectivity index (χ0) is 16.4. The van der Waals surface area contributed by atoms with Gasteiger partial charge in [-0.2, -0.15) is 5.26 Å². The van der Waals surface area contributed by atoms with E-state index in [9.17, 15) is 13.2 Å². The first-order valence-electron chi connectivity index (χ1n) is 6.84. The largest absolute Gasteiger partial charge is 0.206 e. The van der Waals surface area contributed by atoms with Gasteiger partial charge in [0.1, 0.15) is 23.5 Å². The molecule has 0 aliphatic carbocycles. The molecular formula is C19H10F3N. The summed E-state index contributed by atoms with van der Waals surface area (Å²) in [5.41, 5.74) is 1.10. The average Bonchev–Trinajstić information content (AvgIpc) is 2.55. The number of nitrogens with zero attached hydrogens (tertiary/aromatic N) is 1. The second kappa shape index (κ2) is 5.98. The molecule has 0 unspecified atom stereocenters. The van der Waals surface area contributed by atoms with E-state index >= 15 is 0 Å². The summed E-state index contributed by atoms with van der Waals surface area (Å²) in [6, 6.07) is 15.9. The molecule has 3 rings (SSSR count). The van der Waals surface area contributed by atoms with Gasteiger partial charge in [0.2, 0.25) is 0 Å². The smallest absolute Gasteiger partial charge is 0.141 e. The molecule has 0 aliphatic heterocycles. The van der Waals surface area contributed by atoms with Gasteiger partial charge in [-0.1, -0.05) is 36.4 Å². The third-order valence-corrected chi connectivity index (χ3v) is 3.55. The Morgan fingerprint density at radius 2 is 1.26 bits per heavy atom. The highest BCUT2D eigenvalue weighted by atomic mass is 19.1. The summed E-state index contributed by atoms with van der Waals surface area (Å²) >= 11 is 0. The fraction of sp³-hybridized carbons (Fsp3) is 0. The minimum Gasteiger partial charge on any atom is -0.206 e. The molecule has 0 fully saturated rings. The Morgan fingerprint density at radius 3 is 1.87 bits per heavy atom. The van der Waals surface area contributed by atoms with E-state index in [2.05, 4.69) is 0 Å². The lowest BCUT2D eigenvalue weighted by molar-refractivity contribution is 0.621. The molecule has 0 aliphatic rings. The van der Waals surface area contributed by atoms with E-state index in [1.165, 1.54) is 30.3 Å². The Labute approximate surface area is 131 Å². The number of rotatable bonds is 2. The summed E-state index contributed by atoms with van der Waals surface area (Å²) in [5.74, 6) is -1.73. The molecule has 0 bridgehead atoms. The van der Waals surface area contributed by atoms with Gasteiger partial charge in [-0.3, -0.25) is 0 Å². The molecule has 0 atom stereocenters. The molecule has 3 aromatic rings. The van der Waals surface area contributed by atoms with Crippen molar-refractivity contribution in [2.75, 3.05) is 0 Å². The van der Waals surface area contributed by atoms with Crippen molar-refractivity contribution in [3.63, 3.8) is 0 Å². The van der Waals surface area contributed by atoms with Crippen molar-refractivity contribution in [2.45, 2.75) is 0 Å². The van der Waals surface area contributed by atoms with Gasteiger partial charge >= 0.3 is 0 Å². The van der Waals surface area contributed by atoms with Crippen molar-refractivity contribution in [2.24, 2.45) is 0 Å². The lowest BCUT2D eigenvalue weighted by Crippen LogP contribution is -1.90. The van der Waals surface area contributed by atoms with Crippen molar-refractivity contribution in [3.05, 3.63) is 83.7 Å². The van der Waals surface area contributed by atoms with Gasteiger partial charge in [0.25, 0.3) is 0 Å². The van der Waals surface area contributed by atoms with Gasteiger partial charge in [-0.15, -0.1) is 0 Å². The Hall–Kier alpha value is -3.06. The quantitative estimate of drug-likeness (QED) is 0.629. The van der Waals surface area contributed by atoms with Crippen molar-refractivity contribution in [1.82, 2.24) is 0 Å². The predicted octanol–water partition coefficient (Wildman–Crippen LogP) is 5.31. The number of hydrogen-bond donors (Lipinski definition) is 0. The van der Waals surface area contributed by atoms with Crippen LogP contribution in [-0.2, 0) is 0 Å². The third-order valence-electron chi connectivity index (χ3n) is 3.55. The van der Waals surface area contributed by atoms with E-state index in [-0.39, 0.29) is 11.1 Å². The summed E-state index contributed by atoms with van der Waals surface area (Å²) < 4.78 is 41.8. The topological polar surface area (TPSA) is 23.8 Å². The van der Waals surface area contributed by atoms with Gasteiger partial charge in [-0.25, -0.2) is 13.2 Å². The minimum atomic E-state index is -0.706. The SMILES string of the molecule is N#Cc1ccc(-c2ccc(-c3ccccc3F)cc2F)cc1F. The Kier molecular flexibility index (Phi) is 3.86. The molecule has 0 aromatic heterocycles. The molecule has 3 aromatic carbocycles. The number of halogens is 3. The summed E-state index contributed by atoms with van der Waals surface area (Å²) in [6.45, 7) is 0. The van der Waals surface area contributed by atoms with Crippen LogP contribution in [0, 0.1) is 28.8 Å². The molecule has 0 spiro atoms. The van der Waals surface area contributed by atoms with Crippen LogP contribution in [0.3, 0.4) is 0 Å². The zero-order valence-electron chi connectivity index (χ0n) is 11.9. The van der Waals surface area contributed by atoms with E-state index in [0.29, 0.717) is 16.7 Å². The highest BCUT2D eigenvalue weighted by molar-refractivity contribution is 5.71. The molecule has 0 amide bonds. The van der Waals surface area contributed by atoms with Gasteiger partial charge in [0, 0.05) is 11.1 Å². The van der Waals surface area contributed by atoms with Crippen molar-refractivity contribution in [3.8, 4) is 28.3 Å². The molecule has 112 valence electrons. The molecule has 4 heteroatoms. The second-order valence-corrected chi connectivity index (χ2v) is 4.98. The molecule has 0 heterocycles. The highest BCUT2D eigenvalue weighted by Crippen LogP contribution is 2.30. The van der Waals surface area contributed by atoms with Crippen LogP contribution >= 0.6 is 0 Å². The minimum absolute atomic E-state index is 0.0999. The molecule has 1 nitrogen and oxygen atoms in total. The maximum atomic E-state index is 14.4. The lowest BCUT2D eigenvalue weighted by atomic mass is 9.98. The molecule has 23 heavy (non-hydrogen) atoms. The number of hydrogen-bond acceptors (Lipinski definition) is 1. The van der Waals surface area contributed by atoms with Crippen LogP contribution in [0.25, 0.3) is 22.3 Å². The first-order chi connectivity index (χ1) is 11.1. The maximum Gasteiger partial charge on any atom is 0.141 e. The summed E-state index contributed by atoms with van der Waals surface area (Å²) in [4.78, 5) is 0. The Bertz CT molecular complexity index is 926. The fourth-order valence-electron chi connectivity index (χ4n) is 2.39. The zero-order valence-corrected chi connectivity index (χ0v) is 11.9. The average molecular weight is 309 g/mol. The van der Waals surface area contributed by atoms with Crippen LogP contribution in [0.2, 0.25) is 0 Å². The Balaban J connectivity index is 2.05. The molecular weight excluding hydrogens is 299 g/mol.